The Morgan fingerprint density at radius 1 is 1.43 bits per heavy atom. The lowest BCUT2D eigenvalue weighted by atomic mass is 10.2. The monoisotopic (exact) mass is 293 g/mol. The van der Waals surface area contributed by atoms with Crippen LogP contribution in [0, 0.1) is 5.92 Å². The lowest BCUT2D eigenvalue weighted by Crippen LogP contribution is -2.48. The van der Waals surface area contributed by atoms with Gasteiger partial charge in [-0.3, -0.25) is 0 Å². The molecule has 0 aromatic carbocycles. The van der Waals surface area contributed by atoms with Gasteiger partial charge in [0.2, 0.25) is 5.88 Å². The summed E-state index contributed by atoms with van der Waals surface area (Å²) < 4.78 is 11.4. The summed E-state index contributed by atoms with van der Waals surface area (Å²) in [5.74, 6) is 2.00. The molecule has 3 rings (SSSR count). The van der Waals surface area contributed by atoms with Gasteiger partial charge in [0, 0.05) is 13.1 Å². The fourth-order valence-corrected chi connectivity index (χ4v) is 2.55. The molecule has 2 fully saturated rings. The van der Waals surface area contributed by atoms with Crippen LogP contribution >= 0.6 is 0 Å². The average molecular weight is 293 g/mol. The molecule has 1 aromatic rings. The van der Waals surface area contributed by atoms with Crippen LogP contribution in [-0.2, 0) is 4.74 Å². The van der Waals surface area contributed by atoms with Crippen molar-refractivity contribution in [2.24, 2.45) is 5.92 Å². The van der Waals surface area contributed by atoms with E-state index in [0.717, 1.165) is 12.4 Å². The molecule has 6 nitrogen and oxygen atoms in total. The van der Waals surface area contributed by atoms with E-state index in [1.54, 1.807) is 0 Å². The van der Waals surface area contributed by atoms with Crippen molar-refractivity contribution in [3.05, 3.63) is 12.1 Å². The summed E-state index contributed by atoms with van der Waals surface area (Å²) in [5, 5.41) is 9.31. The van der Waals surface area contributed by atoms with Crippen molar-refractivity contribution in [2.75, 3.05) is 36.9 Å². The van der Waals surface area contributed by atoms with E-state index in [1.807, 2.05) is 19.1 Å². The van der Waals surface area contributed by atoms with Crippen LogP contribution in [0.25, 0.3) is 0 Å². The Morgan fingerprint density at radius 3 is 2.95 bits per heavy atom. The average Bonchev–Trinajstić information content (AvgIpc) is 3.30. The normalized spacial score (nSPS) is 25.9. The first-order valence-electron chi connectivity index (χ1n) is 7.56. The maximum atomic E-state index is 9.31. The Morgan fingerprint density at radius 2 is 2.24 bits per heavy atom. The first kappa shape index (κ1) is 14.4. The second kappa shape index (κ2) is 6.07. The SMILES string of the molecule is CC1CN(c2ccc(N)c(OCC3CC3)n2)CC(CO)O1. The largest absolute Gasteiger partial charge is 0.476 e. The Labute approximate surface area is 124 Å². The lowest BCUT2D eigenvalue weighted by Gasteiger charge is -2.36. The molecule has 2 atom stereocenters. The molecule has 2 aliphatic rings. The number of nitrogen functional groups attached to an aromatic ring is 1. The molecule has 2 unspecified atom stereocenters. The molecule has 0 amide bonds. The van der Waals surface area contributed by atoms with Crippen molar-refractivity contribution < 1.29 is 14.6 Å². The molecule has 0 spiro atoms. The number of aliphatic hydroxyl groups excluding tert-OH is 1. The van der Waals surface area contributed by atoms with Gasteiger partial charge in [-0.25, -0.2) is 0 Å². The summed E-state index contributed by atoms with van der Waals surface area (Å²) in [5.41, 5.74) is 6.50. The second-order valence-electron chi connectivity index (χ2n) is 5.97. The van der Waals surface area contributed by atoms with Crippen LogP contribution in [0.3, 0.4) is 0 Å². The second-order valence-corrected chi connectivity index (χ2v) is 5.97. The molecule has 116 valence electrons. The molecule has 0 radical (unpaired) electrons. The number of hydrogen-bond donors (Lipinski definition) is 2. The van der Waals surface area contributed by atoms with Crippen LogP contribution in [0.5, 0.6) is 5.88 Å². The van der Waals surface area contributed by atoms with Crippen molar-refractivity contribution in [3.63, 3.8) is 0 Å². The first-order chi connectivity index (χ1) is 10.2. The van der Waals surface area contributed by atoms with Crippen molar-refractivity contribution in [3.8, 4) is 5.88 Å². The number of ether oxygens (including phenoxy) is 2. The maximum absolute atomic E-state index is 9.31. The summed E-state index contributed by atoms with van der Waals surface area (Å²) in [6.07, 6.45) is 2.35. The van der Waals surface area contributed by atoms with E-state index in [0.29, 0.717) is 30.6 Å². The number of pyridine rings is 1. The molecule has 1 saturated carbocycles. The van der Waals surface area contributed by atoms with Gasteiger partial charge < -0.3 is 25.2 Å². The molecule has 3 N–H and O–H groups in total. The standard InChI is InChI=1S/C15H23N3O3/c1-10-6-18(7-12(8-19)21-10)14-5-4-13(16)15(17-14)20-9-11-2-3-11/h4-5,10-12,19H,2-3,6-9,16H2,1H3. The number of rotatable bonds is 5. The third-order valence-electron chi connectivity index (χ3n) is 3.88. The summed E-state index contributed by atoms with van der Waals surface area (Å²) in [4.78, 5) is 6.65. The van der Waals surface area contributed by atoms with E-state index >= 15 is 0 Å². The summed E-state index contributed by atoms with van der Waals surface area (Å²) in [7, 11) is 0. The third kappa shape index (κ3) is 3.57. The fraction of sp³-hybridized carbons (Fsp3) is 0.667. The smallest absolute Gasteiger partial charge is 0.239 e. The molecular weight excluding hydrogens is 270 g/mol. The summed E-state index contributed by atoms with van der Waals surface area (Å²) in [6, 6.07) is 3.73. The minimum absolute atomic E-state index is 0.0147. The number of morpholine rings is 1. The maximum Gasteiger partial charge on any atom is 0.239 e. The Hall–Kier alpha value is -1.53. The van der Waals surface area contributed by atoms with E-state index in [1.165, 1.54) is 12.8 Å². The van der Waals surface area contributed by atoms with Gasteiger partial charge in [-0.2, -0.15) is 4.98 Å². The predicted molar refractivity (Wildman–Crippen MR) is 80.5 cm³/mol. The number of hydrogen-bond acceptors (Lipinski definition) is 6. The van der Waals surface area contributed by atoms with E-state index in [4.69, 9.17) is 15.2 Å². The number of nitrogens with zero attached hydrogens (tertiary/aromatic N) is 2. The minimum Gasteiger partial charge on any atom is -0.476 e. The molecule has 0 bridgehead atoms. The predicted octanol–water partition coefficient (Wildman–Crippen LogP) is 1.04. The van der Waals surface area contributed by atoms with Crippen LogP contribution in [0.2, 0.25) is 0 Å². The third-order valence-corrected chi connectivity index (χ3v) is 3.88. The van der Waals surface area contributed by atoms with Crippen molar-refractivity contribution in [1.82, 2.24) is 4.98 Å². The van der Waals surface area contributed by atoms with Crippen LogP contribution in [-0.4, -0.2) is 48.6 Å². The molecular formula is C15H23N3O3. The first-order valence-corrected chi connectivity index (χ1v) is 7.56. The quantitative estimate of drug-likeness (QED) is 0.844. The summed E-state index contributed by atoms with van der Waals surface area (Å²) in [6.45, 7) is 4.08. The van der Waals surface area contributed by atoms with E-state index in [9.17, 15) is 5.11 Å². The van der Waals surface area contributed by atoms with Gasteiger partial charge in [-0.1, -0.05) is 0 Å². The zero-order chi connectivity index (χ0) is 14.8. The van der Waals surface area contributed by atoms with E-state index < -0.39 is 0 Å². The number of aliphatic hydroxyl groups is 1. The molecule has 1 saturated heterocycles. The Bertz CT molecular complexity index is 493. The van der Waals surface area contributed by atoms with Crippen molar-refractivity contribution in [2.45, 2.75) is 32.0 Å². The van der Waals surface area contributed by atoms with Crippen LogP contribution < -0.4 is 15.4 Å². The zero-order valence-electron chi connectivity index (χ0n) is 12.4. The highest BCUT2D eigenvalue weighted by Crippen LogP contribution is 2.31. The molecule has 2 heterocycles. The molecule has 1 aliphatic carbocycles. The van der Waals surface area contributed by atoms with Gasteiger partial charge in [-0.15, -0.1) is 0 Å². The van der Waals surface area contributed by atoms with Gasteiger partial charge in [0.25, 0.3) is 0 Å². The zero-order valence-corrected chi connectivity index (χ0v) is 12.4. The highest BCUT2D eigenvalue weighted by Gasteiger charge is 2.26. The van der Waals surface area contributed by atoms with Gasteiger partial charge in [0.1, 0.15) is 5.82 Å². The van der Waals surface area contributed by atoms with Crippen LogP contribution in [0.4, 0.5) is 11.5 Å². The number of nitrogens with two attached hydrogens (primary N) is 1. The summed E-state index contributed by atoms with van der Waals surface area (Å²) >= 11 is 0. The molecule has 21 heavy (non-hydrogen) atoms. The van der Waals surface area contributed by atoms with E-state index in [2.05, 4.69) is 9.88 Å². The Kier molecular flexibility index (Phi) is 4.17. The number of anilines is 2. The molecule has 1 aliphatic heterocycles. The molecule has 1 aromatic heterocycles. The molecule has 6 heteroatoms. The van der Waals surface area contributed by atoms with Gasteiger partial charge in [0.05, 0.1) is 31.1 Å². The van der Waals surface area contributed by atoms with Crippen molar-refractivity contribution in [1.29, 1.82) is 0 Å². The van der Waals surface area contributed by atoms with Gasteiger partial charge in [0.15, 0.2) is 0 Å². The fourth-order valence-electron chi connectivity index (χ4n) is 2.55. The minimum atomic E-state index is -0.177. The van der Waals surface area contributed by atoms with Crippen LogP contribution in [0.1, 0.15) is 19.8 Å². The van der Waals surface area contributed by atoms with Gasteiger partial charge >= 0.3 is 0 Å². The highest BCUT2D eigenvalue weighted by atomic mass is 16.5. The lowest BCUT2D eigenvalue weighted by molar-refractivity contribution is -0.0423. The van der Waals surface area contributed by atoms with E-state index in [-0.39, 0.29) is 18.8 Å². The van der Waals surface area contributed by atoms with Crippen LogP contribution in [0.15, 0.2) is 12.1 Å². The Balaban J connectivity index is 1.72. The number of aromatic nitrogens is 1. The highest BCUT2D eigenvalue weighted by molar-refractivity contribution is 5.54. The topological polar surface area (TPSA) is 80.8 Å². The van der Waals surface area contributed by atoms with Crippen molar-refractivity contribution >= 4 is 11.5 Å². The van der Waals surface area contributed by atoms with Gasteiger partial charge in [-0.05, 0) is 37.8 Å².